The van der Waals surface area contributed by atoms with E-state index in [1.165, 1.54) is 12.1 Å². The van der Waals surface area contributed by atoms with Crippen molar-refractivity contribution < 1.29 is 19.0 Å². The van der Waals surface area contributed by atoms with Gasteiger partial charge in [-0.25, -0.2) is 4.39 Å². The highest BCUT2D eigenvalue weighted by molar-refractivity contribution is 5.70. The molecule has 1 saturated heterocycles. The lowest BCUT2D eigenvalue weighted by molar-refractivity contribution is -0.143. The molecule has 1 heterocycles. The summed E-state index contributed by atoms with van der Waals surface area (Å²) in [4.78, 5) is 13.8. The number of halogens is 1. The number of hydrogen-bond acceptors (Lipinski definition) is 3. The third-order valence-corrected chi connectivity index (χ3v) is 5.78. The van der Waals surface area contributed by atoms with Crippen LogP contribution in [0.2, 0.25) is 0 Å². The fraction of sp³-hybridized carbons (Fsp3) is 0.269. The molecule has 0 aliphatic carbocycles. The van der Waals surface area contributed by atoms with Gasteiger partial charge in [-0.05, 0) is 48.7 Å². The fourth-order valence-corrected chi connectivity index (χ4v) is 4.28. The molecule has 4 nitrogen and oxygen atoms in total. The third kappa shape index (κ3) is 5.12. The second kappa shape index (κ2) is 9.75. The Morgan fingerprint density at radius 3 is 2.61 bits per heavy atom. The van der Waals surface area contributed by atoms with Crippen molar-refractivity contribution in [3.8, 4) is 5.75 Å². The molecule has 5 heteroatoms. The van der Waals surface area contributed by atoms with Crippen LogP contribution in [0.4, 0.5) is 4.39 Å². The number of carbonyl (C=O) groups is 1. The summed E-state index contributed by atoms with van der Waals surface area (Å²) < 4.78 is 20.3. The van der Waals surface area contributed by atoms with E-state index in [0.29, 0.717) is 19.6 Å². The molecule has 0 amide bonds. The van der Waals surface area contributed by atoms with E-state index in [9.17, 15) is 14.3 Å². The van der Waals surface area contributed by atoms with Crippen LogP contribution in [-0.2, 0) is 11.4 Å². The largest absolute Gasteiger partial charge is 0.489 e. The van der Waals surface area contributed by atoms with Gasteiger partial charge in [-0.3, -0.25) is 9.69 Å². The predicted octanol–water partition coefficient (Wildman–Crippen LogP) is 5.29. The van der Waals surface area contributed by atoms with Gasteiger partial charge in [0.1, 0.15) is 18.2 Å². The summed E-state index contributed by atoms with van der Waals surface area (Å²) in [5.41, 5.74) is 2.76. The minimum absolute atomic E-state index is 0.287. The monoisotopic (exact) mass is 419 g/mol. The summed E-state index contributed by atoms with van der Waals surface area (Å²) in [5, 5.41) is 9.58. The molecule has 2 unspecified atom stereocenters. The number of aliphatic carboxylic acids is 1. The first-order valence-electron chi connectivity index (χ1n) is 10.6. The van der Waals surface area contributed by atoms with Crippen LogP contribution in [0.5, 0.6) is 5.75 Å². The molecule has 1 fully saturated rings. The van der Waals surface area contributed by atoms with Crippen molar-refractivity contribution in [2.24, 2.45) is 5.92 Å². The highest BCUT2D eigenvalue weighted by atomic mass is 19.1. The molecule has 160 valence electrons. The van der Waals surface area contributed by atoms with E-state index in [-0.39, 0.29) is 11.9 Å². The molecule has 0 spiro atoms. The molecule has 0 radical (unpaired) electrons. The smallest absolute Gasteiger partial charge is 0.307 e. The zero-order chi connectivity index (χ0) is 21.6. The minimum Gasteiger partial charge on any atom is -0.489 e. The zero-order valence-electron chi connectivity index (χ0n) is 17.3. The molecule has 0 aromatic heterocycles. The van der Waals surface area contributed by atoms with Crippen molar-refractivity contribution in [3.63, 3.8) is 0 Å². The van der Waals surface area contributed by atoms with Gasteiger partial charge in [-0.1, -0.05) is 60.7 Å². The second-order valence-electron chi connectivity index (χ2n) is 7.94. The highest BCUT2D eigenvalue weighted by Crippen LogP contribution is 2.37. The SMILES string of the molecule is O=C(O)C1CCCN(C(c2cccc(F)c2)c2ccccc2OCc2ccccc2)C1. The first-order chi connectivity index (χ1) is 15.1. The molecule has 3 aromatic carbocycles. The van der Waals surface area contributed by atoms with Crippen molar-refractivity contribution >= 4 is 5.97 Å². The average molecular weight is 419 g/mol. The van der Waals surface area contributed by atoms with Crippen molar-refractivity contribution in [2.45, 2.75) is 25.5 Å². The molecule has 1 aliphatic heterocycles. The van der Waals surface area contributed by atoms with Gasteiger partial charge < -0.3 is 9.84 Å². The maximum absolute atomic E-state index is 14.1. The molecule has 3 aromatic rings. The Morgan fingerprint density at radius 2 is 1.84 bits per heavy atom. The van der Waals surface area contributed by atoms with Crippen molar-refractivity contribution in [1.82, 2.24) is 4.90 Å². The number of para-hydroxylation sites is 1. The number of piperidine rings is 1. The van der Waals surface area contributed by atoms with Gasteiger partial charge in [0, 0.05) is 12.1 Å². The molecule has 31 heavy (non-hydrogen) atoms. The molecule has 1 N–H and O–H groups in total. The van der Waals surface area contributed by atoms with Gasteiger partial charge in [0.2, 0.25) is 0 Å². The van der Waals surface area contributed by atoms with Crippen molar-refractivity contribution in [1.29, 1.82) is 0 Å². The Kier molecular flexibility index (Phi) is 6.63. The van der Waals surface area contributed by atoms with Crippen molar-refractivity contribution in [2.75, 3.05) is 13.1 Å². The number of carboxylic acids is 1. The Balaban J connectivity index is 1.69. The Morgan fingerprint density at radius 1 is 1.06 bits per heavy atom. The number of benzene rings is 3. The average Bonchev–Trinajstić information content (AvgIpc) is 2.80. The van der Waals surface area contributed by atoms with Crippen molar-refractivity contribution in [3.05, 3.63) is 101 Å². The van der Waals surface area contributed by atoms with E-state index in [1.54, 1.807) is 6.07 Å². The topological polar surface area (TPSA) is 49.8 Å². The number of carboxylic acid groups (broad SMARTS) is 1. The van der Waals surface area contributed by atoms with E-state index < -0.39 is 11.9 Å². The summed E-state index contributed by atoms with van der Waals surface area (Å²) in [6.45, 7) is 1.59. The fourth-order valence-electron chi connectivity index (χ4n) is 4.28. The van der Waals surface area contributed by atoms with Crippen LogP contribution in [0.15, 0.2) is 78.9 Å². The maximum atomic E-state index is 14.1. The van der Waals surface area contributed by atoms with E-state index in [0.717, 1.165) is 35.4 Å². The summed E-state index contributed by atoms with van der Waals surface area (Å²) in [6, 6.07) is 24.0. The lowest BCUT2D eigenvalue weighted by Crippen LogP contribution is -2.41. The first-order valence-corrected chi connectivity index (χ1v) is 10.6. The lowest BCUT2D eigenvalue weighted by Gasteiger charge is -2.38. The van der Waals surface area contributed by atoms with Crippen LogP contribution in [-0.4, -0.2) is 29.1 Å². The molecule has 2 atom stereocenters. The first kappa shape index (κ1) is 21.1. The van der Waals surface area contributed by atoms with E-state index in [4.69, 9.17) is 4.74 Å². The number of hydrogen-bond donors (Lipinski definition) is 1. The normalized spacial score (nSPS) is 17.8. The summed E-state index contributed by atoms with van der Waals surface area (Å²) in [7, 11) is 0. The van der Waals surface area contributed by atoms with Gasteiger partial charge >= 0.3 is 5.97 Å². The molecule has 0 saturated carbocycles. The highest BCUT2D eigenvalue weighted by Gasteiger charge is 2.32. The molecular weight excluding hydrogens is 393 g/mol. The maximum Gasteiger partial charge on any atom is 0.307 e. The summed E-state index contributed by atoms with van der Waals surface area (Å²) >= 11 is 0. The van der Waals surface area contributed by atoms with Crippen LogP contribution >= 0.6 is 0 Å². The number of ether oxygens (including phenoxy) is 1. The van der Waals surface area contributed by atoms with E-state index >= 15 is 0 Å². The second-order valence-corrected chi connectivity index (χ2v) is 7.94. The quantitative estimate of drug-likeness (QED) is 0.565. The van der Waals surface area contributed by atoms with Crippen LogP contribution in [0.1, 0.15) is 35.6 Å². The van der Waals surface area contributed by atoms with Crippen LogP contribution < -0.4 is 4.74 Å². The van der Waals surface area contributed by atoms with Gasteiger partial charge in [-0.2, -0.15) is 0 Å². The summed E-state index contributed by atoms with van der Waals surface area (Å²) in [5.74, 6) is -0.798. The number of rotatable bonds is 7. The lowest BCUT2D eigenvalue weighted by atomic mass is 9.91. The predicted molar refractivity (Wildman–Crippen MR) is 117 cm³/mol. The van der Waals surface area contributed by atoms with Crippen LogP contribution in [0.25, 0.3) is 0 Å². The third-order valence-electron chi connectivity index (χ3n) is 5.78. The molecular formula is C26H26FNO3. The van der Waals surface area contributed by atoms with Gasteiger partial charge in [0.05, 0.1) is 12.0 Å². The standard InChI is InChI=1S/C26H26FNO3/c27-22-12-6-10-20(16-22)25(28-15-7-11-21(17-28)26(29)30)23-13-4-5-14-24(23)31-18-19-8-2-1-3-9-19/h1-6,8-10,12-14,16,21,25H,7,11,15,17-18H2,(H,29,30). The number of likely N-dealkylation sites (tertiary alicyclic amines) is 1. The van der Waals surface area contributed by atoms with E-state index in [2.05, 4.69) is 4.90 Å². The van der Waals surface area contributed by atoms with Gasteiger partial charge in [0.25, 0.3) is 0 Å². The van der Waals surface area contributed by atoms with Crippen LogP contribution in [0, 0.1) is 11.7 Å². The van der Waals surface area contributed by atoms with Gasteiger partial charge in [-0.15, -0.1) is 0 Å². The Hall–Kier alpha value is -3.18. The van der Waals surface area contributed by atoms with Gasteiger partial charge in [0.15, 0.2) is 0 Å². The zero-order valence-corrected chi connectivity index (χ0v) is 17.3. The minimum atomic E-state index is -0.781. The molecule has 1 aliphatic rings. The van der Waals surface area contributed by atoms with Crippen LogP contribution in [0.3, 0.4) is 0 Å². The molecule has 0 bridgehead atoms. The summed E-state index contributed by atoms with van der Waals surface area (Å²) in [6.07, 6.45) is 1.45. The van der Waals surface area contributed by atoms with E-state index in [1.807, 2.05) is 60.7 Å². The number of nitrogens with zero attached hydrogens (tertiary/aromatic N) is 1. The Bertz CT molecular complexity index is 1020. The molecule has 4 rings (SSSR count). The Labute approximate surface area is 181 Å².